The Bertz CT molecular complexity index is 779. The first-order valence-corrected chi connectivity index (χ1v) is 11.0. The summed E-state index contributed by atoms with van der Waals surface area (Å²) >= 11 is 6.07. The van der Waals surface area contributed by atoms with Crippen LogP contribution in [0.15, 0.2) is 24.3 Å². The maximum Gasteiger partial charge on any atom is 0.281 e. The van der Waals surface area contributed by atoms with E-state index < -0.39 is 10.2 Å². The van der Waals surface area contributed by atoms with Crippen LogP contribution in [-0.2, 0) is 15.0 Å². The Labute approximate surface area is 166 Å². The van der Waals surface area contributed by atoms with Gasteiger partial charge in [0.2, 0.25) is 5.91 Å². The molecular formula is C18H27ClN4O3S. The Morgan fingerprint density at radius 2 is 1.85 bits per heavy atom. The first-order chi connectivity index (χ1) is 12.8. The maximum atomic E-state index is 12.9. The van der Waals surface area contributed by atoms with Gasteiger partial charge in [0, 0.05) is 64.1 Å². The monoisotopic (exact) mass is 414 g/mol. The summed E-state index contributed by atoms with van der Waals surface area (Å²) in [5, 5.41) is 0.704. The van der Waals surface area contributed by atoms with Gasteiger partial charge < -0.3 is 9.80 Å². The van der Waals surface area contributed by atoms with E-state index in [1.165, 1.54) is 22.7 Å². The number of benzene rings is 1. The van der Waals surface area contributed by atoms with Gasteiger partial charge in [0.15, 0.2) is 0 Å². The molecule has 9 heteroatoms. The zero-order chi connectivity index (χ0) is 19.6. The second-order valence-electron chi connectivity index (χ2n) is 7.28. The summed E-state index contributed by atoms with van der Waals surface area (Å²) in [4.78, 5) is 17.0. The summed E-state index contributed by atoms with van der Waals surface area (Å²) in [5.41, 5.74) is 1.07. The number of rotatable bonds is 4. The van der Waals surface area contributed by atoms with Gasteiger partial charge >= 0.3 is 0 Å². The molecule has 150 valence electrons. The number of amides is 1. The van der Waals surface area contributed by atoms with Crippen molar-refractivity contribution in [3.63, 3.8) is 0 Å². The SMILES string of the molecule is CN(C)S(=O)(=O)N1CCC[C@H](C(=O)N2CCN(c3cccc(Cl)c3)CC2)C1. The van der Waals surface area contributed by atoms with Crippen LogP contribution in [-0.4, -0.2) is 81.2 Å². The average Bonchev–Trinajstić information content (AvgIpc) is 2.67. The molecule has 2 aliphatic rings. The Balaban J connectivity index is 1.59. The lowest BCUT2D eigenvalue weighted by Crippen LogP contribution is -2.54. The van der Waals surface area contributed by atoms with E-state index in [2.05, 4.69) is 4.90 Å². The molecule has 0 unspecified atom stereocenters. The summed E-state index contributed by atoms with van der Waals surface area (Å²) in [5.74, 6) is -0.189. The molecule has 0 saturated carbocycles. The molecule has 0 bridgehead atoms. The zero-order valence-corrected chi connectivity index (χ0v) is 17.4. The van der Waals surface area contributed by atoms with Crippen molar-refractivity contribution in [2.24, 2.45) is 5.92 Å². The van der Waals surface area contributed by atoms with Crippen molar-refractivity contribution < 1.29 is 13.2 Å². The van der Waals surface area contributed by atoms with E-state index in [1.807, 2.05) is 29.2 Å². The number of hydrogen-bond donors (Lipinski definition) is 0. The molecule has 2 heterocycles. The minimum atomic E-state index is -3.47. The summed E-state index contributed by atoms with van der Waals surface area (Å²) < 4.78 is 27.4. The number of carbonyl (C=O) groups excluding carboxylic acids is 1. The second kappa shape index (κ2) is 8.34. The van der Waals surface area contributed by atoms with Crippen LogP contribution in [0.5, 0.6) is 0 Å². The topological polar surface area (TPSA) is 64.2 Å². The smallest absolute Gasteiger partial charge is 0.281 e. The number of halogens is 1. The maximum absolute atomic E-state index is 12.9. The number of piperazine rings is 1. The molecule has 2 fully saturated rings. The van der Waals surface area contributed by atoms with E-state index >= 15 is 0 Å². The average molecular weight is 415 g/mol. The van der Waals surface area contributed by atoms with Gasteiger partial charge in [-0.1, -0.05) is 17.7 Å². The Kier molecular flexibility index (Phi) is 6.30. The van der Waals surface area contributed by atoms with Gasteiger partial charge in [-0.25, -0.2) is 0 Å². The van der Waals surface area contributed by atoms with Crippen molar-refractivity contribution in [2.75, 3.05) is 58.3 Å². The lowest BCUT2D eigenvalue weighted by atomic mass is 9.97. The van der Waals surface area contributed by atoms with E-state index in [0.29, 0.717) is 31.1 Å². The van der Waals surface area contributed by atoms with Gasteiger partial charge in [-0.3, -0.25) is 4.79 Å². The quantitative estimate of drug-likeness (QED) is 0.749. The first-order valence-electron chi connectivity index (χ1n) is 9.26. The van der Waals surface area contributed by atoms with Crippen molar-refractivity contribution in [1.82, 2.24) is 13.5 Å². The van der Waals surface area contributed by atoms with Crippen LogP contribution in [0.1, 0.15) is 12.8 Å². The van der Waals surface area contributed by atoms with Crippen molar-refractivity contribution in [3.05, 3.63) is 29.3 Å². The lowest BCUT2D eigenvalue weighted by molar-refractivity contribution is -0.137. The van der Waals surface area contributed by atoms with Gasteiger partial charge in [0.1, 0.15) is 0 Å². The zero-order valence-electron chi connectivity index (χ0n) is 15.8. The summed E-state index contributed by atoms with van der Waals surface area (Å²) in [6.45, 7) is 3.53. The third-order valence-corrected chi connectivity index (χ3v) is 7.43. The van der Waals surface area contributed by atoms with E-state index in [0.717, 1.165) is 25.2 Å². The minimum absolute atomic E-state index is 0.0689. The Morgan fingerprint density at radius 1 is 1.15 bits per heavy atom. The molecular weight excluding hydrogens is 388 g/mol. The number of nitrogens with zero attached hydrogens (tertiary/aromatic N) is 4. The van der Waals surface area contributed by atoms with Crippen LogP contribution in [0.4, 0.5) is 5.69 Å². The van der Waals surface area contributed by atoms with Crippen LogP contribution in [0.25, 0.3) is 0 Å². The van der Waals surface area contributed by atoms with Gasteiger partial charge in [0.25, 0.3) is 10.2 Å². The normalized spacial score (nSPS) is 22.3. The molecule has 2 saturated heterocycles. The number of hydrogen-bond acceptors (Lipinski definition) is 4. The van der Waals surface area contributed by atoms with Crippen LogP contribution in [0.3, 0.4) is 0 Å². The molecule has 3 rings (SSSR count). The van der Waals surface area contributed by atoms with Gasteiger partial charge in [-0.2, -0.15) is 17.0 Å². The molecule has 0 radical (unpaired) electrons. The van der Waals surface area contributed by atoms with E-state index in [9.17, 15) is 13.2 Å². The Morgan fingerprint density at radius 3 is 2.48 bits per heavy atom. The highest BCUT2D eigenvalue weighted by atomic mass is 35.5. The summed E-state index contributed by atoms with van der Waals surface area (Å²) in [7, 11) is -0.424. The summed E-state index contributed by atoms with van der Waals surface area (Å²) in [6, 6.07) is 7.73. The van der Waals surface area contributed by atoms with Crippen molar-refractivity contribution >= 4 is 33.4 Å². The highest BCUT2D eigenvalue weighted by Crippen LogP contribution is 2.24. The molecule has 1 aromatic rings. The molecule has 0 N–H and O–H groups in total. The highest BCUT2D eigenvalue weighted by molar-refractivity contribution is 7.86. The molecule has 1 amide bonds. The fraction of sp³-hybridized carbons (Fsp3) is 0.611. The van der Waals surface area contributed by atoms with E-state index in [1.54, 1.807) is 0 Å². The molecule has 0 aliphatic carbocycles. The van der Waals surface area contributed by atoms with E-state index in [4.69, 9.17) is 11.6 Å². The predicted octanol–water partition coefficient (Wildman–Crippen LogP) is 1.51. The fourth-order valence-corrected chi connectivity index (χ4v) is 5.08. The highest BCUT2D eigenvalue weighted by Gasteiger charge is 2.36. The molecule has 0 spiro atoms. The van der Waals surface area contributed by atoms with Crippen LogP contribution in [0.2, 0.25) is 5.02 Å². The molecule has 1 atom stereocenters. The van der Waals surface area contributed by atoms with Gasteiger partial charge in [0.05, 0.1) is 5.92 Å². The van der Waals surface area contributed by atoms with Gasteiger partial charge in [-0.15, -0.1) is 0 Å². The first kappa shape index (κ1) is 20.4. The standard InChI is InChI=1S/C18H27ClN4O3S/c1-20(2)27(25,26)23-8-4-5-15(14-23)18(24)22-11-9-21(10-12-22)17-7-3-6-16(19)13-17/h3,6-7,13,15H,4-5,8-12,14H2,1-2H3/t15-/m0/s1. The Hall–Kier alpha value is -1.35. The third kappa shape index (κ3) is 4.56. The largest absolute Gasteiger partial charge is 0.368 e. The second-order valence-corrected chi connectivity index (χ2v) is 9.86. The molecule has 7 nitrogen and oxygen atoms in total. The van der Waals surface area contributed by atoms with Crippen LogP contribution in [0, 0.1) is 5.92 Å². The van der Waals surface area contributed by atoms with Crippen molar-refractivity contribution in [3.8, 4) is 0 Å². The lowest BCUT2D eigenvalue weighted by Gasteiger charge is -2.39. The third-order valence-electron chi connectivity index (χ3n) is 5.29. The number of anilines is 1. The van der Waals surface area contributed by atoms with Crippen molar-refractivity contribution in [1.29, 1.82) is 0 Å². The fourth-order valence-electron chi connectivity index (χ4n) is 3.70. The molecule has 0 aromatic heterocycles. The molecule has 27 heavy (non-hydrogen) atoms. The van der Waals surface area contributed by atoms with Crippen LogP contribution < -0.4 is 4.90 Å². The van der Waals surface area contributed by atoms with Crippen LogP contribution >= 0.6 is 11.6 Å². The predicted molar refractivity (Wildman–Crippen MR) is 107 cm³/mol. The van der Waals surface area contributed by atoms with Crippen molar-refractivity contribution in [2.45, 2.75) is 12.8 Å². The van der Waals surface area contributed by atoms with E-state index in [-0.39, 0.29) is 18.4 Å². The molecule has 2 aliphatic heterocycles. The number of carbonyl (C=O) groups is 1. The number of piperidine rings is 1. The van der Waals surface area contributed by atoms with Gasteiger partial charge in [-0.05, 0) is 31.0 Å². The molecule has 1 aromatic carbocycles. The summed E-state index contributed by atoms with van der Waals surface area (Å²) in [6.07, 6.45) is 1.46. The minimum Gasteiger partial charge on any atom is -0.368 e.